The van der Waals surface area contributed by atoms with Crippen molar-refractivity contribution in [2.75, 3.05) is 10.4 Å². The summed E-state index contributed by atoms with van der Waals surface area (Å²) in [6.45, 7) is 0. The predicted octanol–water partition coefficient (Wildman–Crippen LogP) is 2.18. The Hall–Kier alpha value is -2.33. The number of nitrogens with one attached hydrogen (secondary N) is 2. The molecule has 0 fully saturated rings. The zero-order valence-corrected chi connectivity index (χ0v) is 9.05. The van der Waals surface area contributed by atoms with E-state index in [-0.39, 0.29) is 5.91 Å². The first-order valence-corrected chi connectivity index (χ1v) is 5.36. The number of fused-ring (bicyclic) bond motifs is 1. The lowest BCUT2D eigenvalue weighted by molar-refractivity contribution is 0.0979. The zero-order valence-electron chi connectivity index (χ0n) is 9.05. The molecular formula is C13H11N3O. The molecule has 0 atom stereocenters. The van der Waals surface area contributed by atoms with Crippen molar-refractivity contribution in [3.05, 3.63) is 60.2 Å². The highest BCUT2D eigenvalue weighted by atomic mass is 16.2. The Balaban J connectivity index is 1.95. The van der Waals surface area contributed by atoms with Crippen LogP contribution in [0.2, 0.25) is 0 Å². The third kappa shape index (κ3) is 1.64. The number of carbonyl (C=O) groups is 1. The van der Waals surface area contributed by atoms with Crippen LogP contribution in [0.3, 0.4) is 0 Å². The molecule has 2 aromatic carbocycles. The van der Waals surface area contributed by atoms with Crippen LogP contribution < -0.4 is 16.0 Å². The molecule has 0 aromatic heterocycles. The fraction of sp³-hybridized carbons (Fsp3) is 0. The van der Waals surface area contributed by atoms with Crippen molar-refractivity contribution in [2.24, 2.45) is 0 Å². The molecule has 4 heteroatoms. The first kappa shape index (κ1) is 9.86. The molecule has 4 nitrogen and oxygen atoms in total. The summed E-state index contributed by atoms with van der Waals surface area (Å²) in [6, 6.07) is 16.8. The van der Waals surface area contributed by atoms with Gasteiger partial charge in [0, 0.05) is 5.56 Å². The van der Waals surface area contributed by atoms with Gasteiger partial charge in [-0.3, -0.25) is 4.79 Å². The van der Waals surface area contributed by atoms with Crippen molar-refractivity contribution >= 4 is 17.3 Å². The number of para-hydroxylation sites is 2. The van der Waals surface area contributed by atoms with Gasteiger partial charge in [0.2, 0.25) is 0 Å². The molecule has 0 saturated carbocycles. The summed E-state index contributed by atoms with van der Waals surface area (Å²) < 4.78 is 0. The highest BCUT2D eigenvalue weighted by Crippen LogP contribution is 2.29. The number of amides is 1. The van der Waals surface area contributed by atoms with Crippen molar-refractivity contribution in [3.63, 3.8) is 0 Å². The van der Waals surface area contributed by atoms with E-state index in [2.05, 4.69) is 11.0 Å². The molecule has 1 aliphatic rings. The van der Waals surface area contributed by atoms with E-state index in [0.717, 1.165) is 11.4 Å². The van der Waals surface area contributed by atoms with Crippen molar-refractivity contribution in [1.29, 1.82) is 0 Å². The van der Waals surface area contributed by atoms with Crippen LogP contribution in [0.4, 0.5) is 11.4 Å². The summed E-state index contributed by atoms with van der Waals surface area (Å²) in [7, 11) is 0. The van der Waals surface area contributed by atoms with Gasteiger partial charge in [-0.25, -0.2) is 5.01 Å². The largest absolute Gasteiger partial charge is 0.301 e. The number of rotatable bonds is 1. The smallest absolute Gasteiger partial charge is 0.274 e. The van der Waals surface area contributed by atoms with E-state index in [1.54, 1.807) is 12.1 Å². The molecule has 3 rings (SSSR count). The van der Waals surface area contributed by atoms with Crippen LogP contribution in [-0.2, 0) is 0 Å². The second-order valence-electron chi connectivity index (χ2n) is 3.76. The van der Waals surface area contributed by atoms with E-state index in [9.17, 15) is 4.79 Å². The normalized spacial score (nSPS) is 13.1. The van der Waals surface area contributed by atoms with Crippen LogP contribution in [0.1, 0.15) is 10.4 Å². The van der Waals surface area contributed by atoms with Gasteiger partial charge in [-0.05, 0) is 24.3 Å². The Morgan fingerprint density at radius 1 is 0.941 bits per heavy atom. The number of benzene rings is 2. The molecule has 0 radical (unpaired) electrons. The standard InChI is InChI=1S/C13H11N3O/c17-13(10-6-2-1-3-7-10)16-12-9-5-4-8-11(12)14-15-16/h1-9,14-15H. The van der Waals surface area contributed by atoms with E-state index in [1.165, 1.54) is 5.01 Å². The summed E-state index contributed by atoms with van der Waals surface area (Å²) in [4.78, 5) is 12.2. The van der Waals surface area contributed by atoms with Gasteiger partial charge in [-0.15, -0.1) is 5.53 Å². The lowest BCUT2D eigenvalue weighted by Gasteiger charge is -2.15. The summed E-state index contributed by atoms with van der Waals surface area (Å²) in [5.41, 5.74) is 8.20. The lowest BCUT2D eigenvalue weighted by Crippen LogP contribution is -2.41. The molecule has 0 unspecified atom stereocenters. The molecule has 0 spiro atoms. The minimum Gasteiger partial charge on any atom is -0.301 e. The molecule has 2 aromatic rings. The summed E-state index contributed by atoms with van der Waals surface area (Å²) in [6.07, 6.45) is 0. The third-order valence-corrected chi connectivity index (χ3v) is 2.67. The van der Waals surface area contributed by atoms with E-state index >= 15 is 0 Å². The number of hydrazine groups is 2. The number of nitrogens with zero attached hydrogens (tertiary/aromatic N) is 1. The molecule has 0 bridgehead atoms. The highest BCUT2D eigenvalue weighted by Gasteiger charge is 2.24. The number of carbonyl (C=O) groups excluding carboxylic acids is 1. The number of hydrogen-bond acceptors (Lipinski definition) is 3. The molecule has 84 valence electrons. The molecule has 0 saturated heterocycles. The molecular weight excluding hydrogens is 214 g/mol. The van der Waals surface area contributed by atoms with E-state index in [1.807, 2.05) is 42.5 Å². The van der Waals surface area contributed by atoms with Crippen molar-refractivity contribution in [1.82, 2.24) is 5.53 Å². The number of anilines is 2. The van der Waals surface area contributed by atoms with Crippen LogP contribution in [0.25, 0.3) is 0 Å². The second-order valence-corrected chi connectivity index (χ2v) is 3.76. The Bertz CT molecular complexity index is 554. The topological polar surface area (TPSA) is 44.4 Å². The van der Waals surface area contributed by atoms with E-state index < -0.39 is 0 Å². The monoisotopic (exact) mass is 225 g/mol. The summed E-state index contributed by atoms with van der Waals surface area (Å²) in [5.74, 6) is -0.0805. The molecule has 1 aliphatic heterocycles. The van der Waals surface area contributed by atoms with Crippen molar-refractivity contribution in [2.45, 2.75) is 0 Å². The fourth-order valence-corrected chi connectivity index (χ4v) is 1.82. The Labute approximate surface area is 98.8 Å². The second kappa shape index (κ2) is 3.92. The Kier molecular flexibility index (Phi) is 2.27. The fourth-order valence-electron chi connectivity index (χ4n) is 1.82. The third-order valence-electron chi connectivity index (χ3n) is 2.67. The van der Waals surface area contributed by atoms with Gasteiger partial charge in [0.15, 0.2) is 0 Å². The minimum absolute atomic E-state index is 0.0805. The van der Waals surface area contributed by atoms with Crippen molar-refractivity contribution < 1.29 is 4.79 Å². The van der Waals surface area contributed by atoms with E-state index in [0.29, 0.717) is 5.56 Å². The van der Waals surface area contributed by atoms with Crippen LogP contribution in [0, 0.1) is 0 Å². The van der Waals surface area contributed by atoms with Gasteiger partial charge in [0.1, 0.15) is 0 Å². The van der Waals surface area contributed by atoms with Gasteiger partial charge >= 0.3 is 0 Å². The van der Waals surface area contributed by atoms with Crippen LogP contribution in [-0.4, -0.2) is 5.91 Å². The summed E-state index contributed by atoms with van der Waals surface area (Å²) in [5, 5.41) is 1.50. The maximum absolute atomic E-state index is 12.2. The highest BCUT2D eigenvalue weighted by molar-refractivity contribution is 6.08. The maximum atomic E-state index is 12.2. The SMILES string of the molecule is O=C(c1ccccc1)N1NNc2ccccc21. The average molecular weight is 225 g/mol. The predicted molar refractivity (Wildman–Crippen MR) is 66.5 cm³/mol. The minimum atomic E-state index is -0.0805. The first-order chi connectivity index (χ1) is 8.36. The van der Waals surface area contributed by atoms with Gasteiger partial charge in [0.25, 0.3) is 5.91 Å². The molecule has 1 heterocycles. The molecule has 17 heavy (non-hydrogen) atoms. The van der Waals surface area contributed by atoms with Gasteiger partial charge < -0.3 is 5.43 Å². The Morgan fingerprint density at radius 3 is 2.47 bits per heavy atom. The quantitative estimate of drug-likeness (QED) is 0.781. The molecule has 0 aliphatic carbocycles. The lowest BCUT2D eigenvalue weighted by atomic mass is 10.2. The van der Waals surface area contributed by atoms with Crippen LogP contribution >= 0.6 is 0 Å². The zero-order chi connectivity index (χ0) is 11.7. The maximum Gasteiger partial charge on any atom is 0.274 e. The Morgan fingerprint density at radius 2 is 1.65 bits per heavy atom. The van der Waals surface area contributed by atoms with Gasteiger partial charge in [-0.2, -0.15) is 0 Å². The first-order valence-electron chi connectivity index (χ1n) is 5.36. The summed E-state index contributed by atoms with van der Waals surface area (Å²) >= 11 is 0. The van der Waals surface area contributed by atoms with E-state index in [4.69, 9.17) is 0 Å². The van der Waals surface area contributed by atoms with Crippen LogP contribution in [0.15, 0.2) is 54.6 Å². The van der Waals surface area contributed by atoms with Gasteiger partial charge in [-0.1, -0.05) is 30.3 Å². The molecule has 1 amide bonds. The van der Waals surface area contributed by atoms with Crippen LogP contribution in [0.5, 0.6) is 0 Å². The average Bonchev–Trinajstić information content (AvgIpc) is 2.83. The van der Waals surface area contributed by atoms with Gasteiger partial charge in [0.05, 0.1) is 11.4 Å². The number of hydrogen-bond donors (Lipinski definition) is 2. The molecule has 2 N–H and O–H groups in total. The van der Waals surface area contributed by atoms with Crippen molar-refractivity contribution in [3.8, 4) is 0 Å².